The lowest BCUT2D eigenvalue weighted by Gasteiger charge is -2.19. The highest BCUT2D eigenvalue weighted by molar-refractivity contribution is 7.09. The van der Waals surface area contributed by atoms with Gasteiger partial charge in [-0.15, -0.1) is 21.5 Å². The summed E-state index contributed by atoms with van der Waals surface area (Å²) in [6.07, 6.45) is 0. The van der Waals surface area contributed by atoms with Crippen molar-refractivity contribution in [3.8, 4) is 0 Å². The van der Waals surface area contributed by atoms with Crippen molar-refractivity contribution >= 4 is 17.3 Å². The number of aromatic nitrogens is 3. The fraction of sp³-hybridized carbons (Fsp3) is 0.350. The molecular weight excluding hydrogens is 375 g/mol. The van der Waals surface area contributed by atoms with Crippen LogP contribution in [0.1, 0.15) is 40.6 Å². The molecule has 0 spiro atoms. The van der Waals surface area contributed by atoms with Gasteiger partial charge in [0.05, 0.1) is 12.6 Å². The molecule has 0 bridgehead atoms. The van der Waals surface area contributed by atoms with Crippen LogP contribution in [-0.2, 0) is 20.1 Å². The van der Waals surface area contributed by atoms with Crippen LogP contribution in [-0.4, -0.2) is 20.7 Å². The molecule has 28 heavy (non-hydrogen) atoms. The Labute approximate surface area is 168 Å². The number of aryl methyl sites for hydroxylation is 2. The van der Waals surface area contributed by atoms with Gasteiger partial charge in [0.2, 0.25) is 0 Å². The van der Waals surface area contributed by atoms with E-state index in [1.165, 1.54) is 4.88 Å². The average molecular weight is 401 g/mol. The number of nitrogens with one attached hydrogen (secondary N) is 2. The quantitative estimate of drug-likeness (QED) is 0.490. The molecule has 3 rings (SSSR count). The highest BCUT2D eigenvalue weighted by Crippen LogP contribution is 2.16. The number of benzene rings is 1. The Balaban J connectivity index is 1.75. The zero-order valence-corrected chi connectivity index (χ0v) is 17.3. The zero-order valence-electron chi connectivity index (χ0n) is 16.5. The first-order chi connectivity index (χ1) is 13.4. The smallest absolute Gasteiger partial charge is 0.192 e. The van der Waals surface area contributed by atoms with Gasteiger partial charge >= 0.3 is 0 Å². The van der Waals surface area contributed by atoms with Gasteiger partial charge in [-0.2, -0.15) is 0 Å². The Morgan fingerprint density at radius 2 is 2.11 bits per heavy atom. The first-order valence-corrected chi connectivity index (χ1v) is 10.00. The highest BCUT2D eigenvalue weighted by atomic mass is 32.1. The third kappa shape index (κ3) is 4.95. The average Bonchev–Trinajstić information content (AvgIpc) is 3.31. The molecule has 0 aliphatic rings. The van der Waals surface area contributed by atoms with Gasteiger partial charge in [0.15, 0.2) is 11.8 Å². The van der Waals surface area contributed by atoms with Crippen molar-refractivity contribution in [2.75, 3.05) is 0 Å². The third-order valence-electron chi connectivity index (χ3n) is 4.62. The number of nitrogens with zero attached hydrogens (tertiary/aromatic N) is 4. The van der Waals surface area contributed by atoms with Crippen LogP contribution in [0.4, 0.5) is 4.39 Å². The lowest BCUT2D eigenvalue weighted by Crippen LogP contribution is -2.38. The molecule has 3 aromatic rings. The summed E-state index contributed by atoms with van der Waals surface area (Å²) in [5, 5.41) is 17.0. The molecule has 0 aliphatic carbocycles. The number of thiophene rings is 1. The SMILES string of the molecule is Cc1ccc(C(C)NC(=NCc2nnc(C)n2C)NCc2cccs2)cc1F. The Kier molecular flexibility index (Phi) is 6.41. The van der Waals surface area contributed by atoms with E-state index in [2.05, 4.69) is 31.9 Å². The molecule has 2 aromatic heterocycles. The summed E-state index contributed by atoms with van der Waals surface area (Å²) in [6, 6.07) is 9.27. The fourth-order valence-corrected chi connectivity index (χ4v) is 3.29. The zero-order chi connectivity index (χ0) is 20.1. The van der Waals surface area contributed by atoms with Gasteiger partial charge in [-0.3, -0.25) is 0 Å². The second-order valence-corrected chi connectivity index (χ2v) is 7.73. The summed E-state index contributed by atoms with van der Waals surface area (Å²) < 4.78 is 15.9. The molecule has 1 atom stereocenters. The Morgan fingerprint density at radius 3 is 2.75 bits per heavy atom. The number of hydrogen-bond donors (Lipinski definition) is 2. The van der Waals surface area contributed by atoms with Gasteiger partial charge in [-0.1, -0.05) is 18.2 Å². The first-order valence-electron chi connectivity index (χ1n) is 9.12. The van der Waals surface area contributed by atoms with Crippen LogP contribution in [0.2, 0.25) is 0 Å². The minimum atomic E-state index is -0.203. The highest BCUT2D eigenvalue weighted by Gasteiger charge is 2.11. The summed E-state index contributed by atoms with van der Waals surface area (Å²) in [7, 11) is 1.92. The van der Waals surface area contributed by atoms with Crippen LogP contribution in [0, 0.1) is 19.7 Å². The second-order valence-electron chi connectivity index (χ2n) is 6.69. The molecular formula is C20H25FN6S. The van der Waals surface area contributed by atoms with Crippen LogP contribution in [0.15, 0.2) is 40.7 Å². The Hall–Kier alpha value is -2.74. The van der Waals surface area contributed by atoms with E-state index in [0.29, 0.717) is 24.6 Å². The van der Waals surface area contributed by atoms with Crippen molar-refractivity contribution < 1.29 is 4.39 Å². The summed E-state index contributed by atoms with van der Waals surface area (Å²) in [5.41, 5.74) is 1.50. The van der Waals surface area contributed by atoms with E-state index in [9.17, 15) is 4.39 Å². The maximum atomic E-state index is 13.9. The molecule has 0 fully saturated rings. The molecule has 0 saturated heterocycles. The molecule has 1 aromatic carbocycles. The molecule has 0 amide bonds. The van der Waals surface area contributed by atoms with Crippen LogP contribution < -0.4 is 10.6 Å². The summed E-state index contributed by atoms with van der Waals surface area (Å²) in [6.45, 7) is 6.71. The molecule has 2 heterocycles. The van der Waals surface area contributed by atoms with Crippen molar-refractivity contribution in [2.45, 2.75) is 39.9 Å². The number of aliphatic imine (C=N–C) groups is 1. The molecule has 1 unspecified atom stereocenters. The molecule has 148 valence electrons. The Morgan fingerprint density at radius 1 is 1.29 bits per heavy atom. The summed E-state index contributed by atoms with van der Waals surface area (Å²) in [4.78, 5) is 5.86. The third-order valence-corrected chi connectivity index (χ3v) is 5.50. The maximum Gasteiger partial charge on any atom is 0.192 e. The van der Waals surface area contributed by atoms with Gasteiger partial charge < -0.3 is 15.2 Å². The van der Waals surface area contributed by atoms with Crippen molar-refractivity contribution in [1.29, 1.82) is 0 Å². The number of guanidine groups is 1. The minimum Gasteiger partial charge on any atom is -0.351 e. The van der Waals surface area contributed by atoms with Crippen LogP contribution in [0.3, 0.4) is 0 Å². The molecule has 8 heteroatoms. The van der Waals surface area contributed by atoms with Crippen molar-refractivity contribution in [1.82, 2.24) is 25.4 Å². The number of hydrogen-bond acceptors (Lipinski definition) is 4. The van der Waals surface area contributed by atoms with Gasteiger partial charge in [0, 0.05) is 11.9 Å². The van der Waals surface area contributed by atoms with E-state index in [1.54, 1.807) is 30.4 Å². The van der Waals surface area contributed by atoms with E-state index in [-0.39, 0.29) is 11.9 Å². The van der Waals surface area contributed by atoms with E-state index >= 15 is 0 Å². The first kappa shape index (κ1) is 20.0. The van der Waals surface area contributed by atoms with E-state index in [4.69, 9.17) is 0 Å². The van der Waals surface area contributed by atoms with E-state index < -0.39 is 0 Å². The van der Waals surface area contributed by atoms with Crippen LogP contribution in [0.5, 0.6) is 0 Å². The largest absolute Gasteiger partial charge is 0.351 e. The predicted octanol–water partition coefficient (Wildman–Crippen LogP) is 3.63. The normalized spacial score (nSPS) is 12.8. The topological polar surface area (TPSA) is 67.1 Å². The van der Waals surface area contributed by atoms with E-state index in [1.807, 2.05) is 43.0 Å². The molecule has 0 aliphatic heterocycles. The molecule has 2 N–H and O–H groups in total. The standard InChI is InChI=1S/C20H25FN6S/c1-13-7-8-16(10-18(13)21)14(2)24-20(22-11-17-6-5-9-28-17)23-12-19-26-25-15(3)27(19)4/h5-10,14H,11-12H2,1-4H3,(H2,22,23,24). The van der Waals surface area contributed by atoms with Crippen molar-refractivity contribution in [3.63, 3.8) is 0 Å². The summed E-state index contributed by atoms with van der Waals surface area (Å²) in [5.74, 6) is 2.06. The number of halogens is 1. The molecule has 0 saturated carbocycles. The van der Waals surface area contributed by atoms with E-state index in [0.717, 1.165) is 17.2 Å². The second kappa shape index (κ2) is 8.97. The van der Waals surface area contributed by atoms with Gasteiger partial charge in [-0.25, -0.2) is 9.38 Å². The van der Waals surface area contributed by atoms with Crippen molar-refractivity contribution in [3.05, 3.63) is 69.2 Å². The minimum absolute atomic E-state index is 0.106. The summed E-state index contributed by atoms with van der Waals surface area (Å²) >= 11 is 1.68. The fourth-order valence-electron chi connectivity index (χ4n) is 2.64. The van der Waals surface area contributed by atoms with Gasteiger partial charge in [0.1, 0.15) is 18.2 Å². The lowest BCUT2D eigenvalue weighted by atomic mass is 10.1. The van der Waals surface area contributed by atoms with Gasteiger partial charge in [0.25, 0.3) is 0 Å². The maximum absolute atomic E-state index is 13.9. The van der Waals surface area contributed by atoms with Crippen LogP contribution in [0.25, 0.3) is 0 Å². The number of rotatable bonds is 6. The molecule has 6 nitrogen and oxygen atoms in total. The monoisotopic (exact) mass is 400 g/mol. The predicted molar refractivity (Wildman–Crippen MR) is 111 cm³/mol. The lowest BCUT2D eigenvalue weighted by molar-refractivity contribution is 0.607. The Bertz CT molecular complexity index is 948. The van der Waals surface area contributed by atoms with Gasteiger partial charge in [-0.05, 0) is 49.4 Å². The molecule has 0 radical (unpaired) electrons. The van der Waals surface area contributed by atoms with Crippen LogP contribution >= 0.6 is 11.3 Å². The van der Waals surface area contributed by atoms with Crippen molar-refractivity contribution in [2.24, 2.45) is 12.0 Å².